The molecule has 3 N–H and O–H groups in total. The zero-order valence-electron chi connectivity index (χ0n) is 7.80. The van der Waals surface area contributed by atoms with Gasteiger partial charge in [-0.25, -0.2) is 14.8 Å². The maximum absolute atomic E-state index is 11.1. The van der Waals surface area contributed by atoms with E-state index in [1.54, 1.807) is 6.07 Å². The van der Waals surface area contributed by atoms with Gasteiger partial charge < -0.3 is 10.4 Å². The molecule has 0 fully saturated rings. The average molecular weight is 210 g/mol. The number of nitrogens with zero attached hydrogens (tertiary/aromatic N) is 2. The van der Waals surface area contributed by atoms with Crippen molar-refractivity contribution in [3.05, 3.63) is 18.5 Å². The maximum Gasteiger partial charge on any atom is 0.321 e. The molecule has 0 spiro atoms. The highest BCUT2D eigenvalue weighted by Crippen LogP contribution is 1.92. The number of rotatable bonds is 4. The van der Waals surface area contributed by atoms with Gasteiger partial charge in [-0.2, -0.15) is 0 Å². The molecule has 80 valence electrons. The lowest BCUT2D eigenvalue weighted by Crippen LogP contribution is -2.31. The van der Waals surface area contributed by atoms with Crippen LogP contribution in [0.15, 0.2) is 18.5 Å². The molecule has 2 amide bonds. The zero-order chi connectivity index (χ0) is 11.1. The number of amides is 2. The Morgan fingerprint density at radius 2 is 2.00 bits per heavy atom. The third-order valence-corrected chi connectivity index (χ3v) is 1.42. The van der Waals surface area contributed by atoms with Crippen molar-refractivity contribution < 1.29 is 14.7 Å². The lowest BCUT2D eigenvalue weighted by Gasteiger charge is -2.03. The number of carboxylic acids is 1. The van der Waals surface area contributed by atoms with Gasteiger partial charge in [0, 0.05) is 18.9 Å². The second kappa shape index (κ2) is 5.53. The van der Waals surface area contributed by atoms with E-state index >= 15 is 0 Å². The Morgan fingerprint density at radius 3 is 2.60 bits per heavy atom. The fourth-order valence-electron chi connectivity index (χ4n) is 0.792. The Kier molecular flexibility index (Phi) is 4.02. The van der Waals surface area contributed by atoms with Crippen molar-refractivity contribution in [2.24, 2.45) is 0 Å². The summed E-state index contributed by atoms with van der Waals surface area (Å²) in [6, 6.07) is 1.09. The normalized spacial score (nSPS) is 9.33. The molecule has 0 aromatic carbocycles. The van der Waals surface area contributed by atoms with E-state index in [1.165, 1.54) is 12.4 Å². The first-order valence-electron chi connectivity index (χ1n) is 4.22. The number of hydrogen-bond acceptors (Lipinski definition) is 4. The topological polar surface area (TPSA) is 104 Å². The van der Waals surface area contributed by atoms with Crippen LogP contribution in [-0.4, -0.2) is 33.6 Å². The van der Waals surface area contributed by atoms with E-state index in [1.807, 2.05) is 0 Å². The summed E-state index contributed by atoms with van der Waals surface area (Å²) in [6.07, 6.45) is 2.85. The van der Waals surface area contributed by atoms with Crippen LogP contribution in [0.1, 0.15) is 6.42 Å². The summed E-state index contributed by atoms with van der Waals surface area (Å²) >= 11 is 0. The van der Waals surface area contributed by atoms with Crippen LogP contribution in [0.2, 0.25) is 0 Å². The zero-order valence-corrected chi connectivity index (χ0v) is 7.80. The quantitative estimate of drug-likeness (QED) is 0.652. The maximum atomic E-state index is 11.1. The molecule has 1 aromatic rings. The van der Waals surface area contributed by atoms with Crippen LogP contribution in [-0.2, 0) is 4.79 Å². The molecular weight excluding hydrogens is 200 g/mol. The minimum atomic E-state index is -0.966. The smallest absolute Gasteiger partial charge is 0.321 e. The van der Waals surface area contributed by atoms with Crippen LogP contribution in [0.5, 0.6) is 0 Å². The molecule has 7 nitrogen and oxygen atoms in total. The average Bonchev–Trinajstić information content (AvgIpc) is 2.18. The van der Waals surface area contributed by atoms with Gasteiger partial charge in [-0.05, 0) is 6.07 Å². The Morgan fingerprint density at radius 1 is 1.33 bits per heavy atom. The lowest BCUT2D eigenvalue weighted by atomic mass is 10.4. The van der Waals surface area contributed by atoms with Crippen LogP contribution in [0.3, 0.4) is 0 Å². The van der Waals surface area contributed by atoms with Gasteiger partial charge in [0.1, 0.15) is 0 Å². The van der Waals surface area contributed by atoms with Crippen molar-refractivity contribution in [1.29, 1.82) is 0 Å². The lowest BCUT2D eigenvalue weighted by molar-refractivity contribution is -0.136. The summed E-state index contributed by atoms with van der Waals surface area (Å²) < 4.78 is 0. The molecule has 0 aliphatic heterocycles. The van der Waals surface area contributed by atoms with Crippen LogP contribution in [0, 0.1) is 0 Å². The van der Waals surface area contributed by atoms with Crippen molar-refractivity contribution in [3.8, 4) is 0 Å². The first kappa shape index (κ1) is 10.9. The predicted octanol–water partition coefficient (Wildman–Crippen LogP) is 0.0728. The SMILES string of the molecule is O=C(O)CCNC(=O)Nc1ncccn1. The van der Waals surface area contributed by atoms with Crippen molar-refractivity contribution in [2.75, 3.05) is 11.9 Å². The minimum absolute atomic E-state index is 0.0635. The van der Waals surface area contributed by atoms with Crippen molar-refractivity contribution in [3.63, 3.8) is 0 Å². The van der Waals surface area contributed by atoms with Crippen LogP contribution in [0.25, 0.3) is 0 Å². The van der Waals surface area contributed by atoms with E-state index < -0.39 is 12.0 Å². The monoisotopic (exact) mass is 210 g/mol. The summed E-state index contributed by atoms with van der Waals surface area (Å²) in [7, 11) is 0. The summed E-state index contributed by atoms with van der Waals surface area (Å²) in [6.45, 7) is 0.0635. The Hall–Kier alpha value is -2.18. The molecule has 0 saturated heterocycles. The van der Waals surface area contributed by atoms with Gasteiger partial charge in [0.2, 0.25) is 5.95 Å². The fourth-order valence-corrected chi connectivity index (χ4v) is 0.792. The highest BCUT2D eigenvalue weighted by atomic mass is 16.4. The first-order valence-corrected chi connectivity index (χ1v) is 4.22. The van der Waals surface area contributed by atoms with E-state index in [-0.39, 0.29) is 18.9 Å². The molecule has 7 heteroatoms. The number of urea groups is 1. The molecule has 1 rings (SSSR count). The number of aliphatic carboxylic acids is 1. The summed E-state index contributed by atoms with van der Waals surface area (Å²) in [5.74, 6) is -0.795. The Labute approximate surface area is 85.5 Å². The summed E-state index contributed by atoms with van der Waals surface area (Å²) in [4.78, 5) is 28.8. The van der Waals surface area contributed by atoms with E-state index in [0.29, 0.717) is 0 Å². The molecule has 0 atom stereocenters. The third-order valence-electron chi connectivity index (χ3n) is 1.42. The van der Waals surface area contributed by atoms with Gasteiger partial charge >= 0.3 is 12.0 Å². The molecule has 1 aromatic heterocycles. The van der Waals surface area contributed by atoms with E-state index in [9.17, 15) is 9.59 Å². The second-order valence-electron chi connectivity index (χ2n) is 2.60. The highest BCUT2D eigenvalue weighted by Gasteiger charge is 2.03. The van der Waals surface area contributed by atoms with Crippen LogP contribution in [0.4, 0.5) is 10.7 Å². The molecule has 0 aliphatic rings. The number of anilines is 1. The molecule has 15 heavy (non-hydrogen) atoms. The van der Waals surface area contributed by atoms with Gasteiger partial charge in [0.15, 0.2) is 0 Å². The summed E-state index contributed by atoms with van der Waals surface area (Å²) in [5.41, 5.74) is 0. The largest absolute Gasteiger partial charge is 0.481 e. The molecule has 0 aliphatic carbocycles. The summed E-state index contributed by atoms with van der Waals surface area (Å²) in [5, 5.41) is 13.0. The van der Waals surface area contributed by atoms with Gasteiger partial charge in [0.05, 0.1) is 6.42 Å². The number of carboxylic acid groups (broad SMARTS) is 1. The molecule has 0 unspecified atom stereocenters. The third kappa shape index (κ3) is 4.55. The van der Waals surface area contributed by atoms with Crippen molar-refractivity contribution in [2.45, 2.75) is 6.42 Å². The van der Waals surface area contributed by atoms with Gasteiger partial charge in [-0.15, -0.1) is 0 Å². The predicted molar refractivity (Wildman–Crippen MR) is 51.3 cm³/mol. The minimum Gasteiger partial charge on any atom is -0.481 e. The van der Waals surface area contributed by atoms with Crippen molar-refractivity contribution >= 4 is 17.9 Å². The van der Waals surface area contributed by atoms with Crippen molar-refractivity contribution in [1.82, 2.24) is 15.3 Å². The molecule has 0 saturated carbocycles. The van der Waals surface area contributed by atoms with Crippen LogP contribution < -0.4 is 10.6 Å². The van der Waals surface area contributed by atoms with E-state index in [4.69, 9.17) is 5.11 Å². The standard InChI is InChI=1S/C8H10N4O3/c13-6(14)2-5-11-8(15)12-7-9-3-1-4-10-7/h1,3-4H,2,5H2,(H,13,14)(H2,9,10,11,12,15). The Bertz CT molecular complexity index is 341. The van der Waals surface area contributed by atoms with E-state index in [2.05, 4.69) is 20.6 Å². The van der Waals surface area contributed by atoms with Gasteiger partial charge in [0.25, 0.3) is 0 Å². The van der Waals surface area contributed by atoms with Gasteiger partial charge in [-0.1, -0.05) is 0 Å². The van der Waals surface area contributed by atoms with Gasteiger partial charge in [-0.3, -0.25) is 10.1 Å². The number of nitrogens with one attached hydrogen (secondary N) is 2. The Balaban J connectivity index is 2.28. The van der Waals surface area contributed by atoms with E-state index in [0.717, 1.165) is 0 Å². The number of carbonyl (C=O) groups excluding carboxylic acids is 1. The van der Waals surface area contributed by atoms with Crippen LogP contribution >= 0.6 is 0 Å². The number of carbonyl (C=O) groups is 2. The molecule has 0 bridgehead atoms. The molecular formula is C8H10N4O3. The highest BCUT2D eigenvalue weighted by molar-refractivity contribution is 5.87. The number of hydrogen-bond donors (Lipinski definition) is 3. The first-order chi connectivity index (χ1) is 7.18. The second-order valence-corrected chi connectivity index (χ2v) is 2.60. The molecule has 1 heterocycles. The molecule has 0 radical (unpaired) electrons. The number of aromatic nitrogens is 2. The fraction of sp³-hybridized carbons (Fsp3) is 0.250.